The van der Waals surface area contributed by atoms with Crippen LogP contribution in [0.3, 0.4) is 0 Å². The normalized spacial score (nSPS) is 28.7. The molecule has 3 amide bonds. The molecule has 0 aliphatic carbocycles. The minimum absolute atomic E-state index is 0.0291. The summed E-state index contributed by atoms with van der Waals surface area (Å²) in [5.41, 5.74) is -0.220. The molecule has 2 heterocycles. The van der Waals surface area contributed by atoms with Gasteiger partial charge in [-0.3, -0.25) is 34.5 Å². The van der Waals surface area contributed by atoms with Crippen LogP contribution < -0.4 is 9.84 Å². The summed E-state index contributed by atoms with van der Waals surface area (Å²) in [6.07, 6.45) is -2.91. The van der Waals surface area contributed by atoms with E-state index in [4.69, 9.17) is 13.8 Å². The average Bonchev–Trinajstić information content (AvgIpc) is 3.03. The number of aliphatic hydroxyl groups is 1. The minimum Gasteiger partial charge on any atom is -0.404 e. The number of urea groups is 1. The van der Waals surface area contributed by atoms with Crippen molar-refractivity contribution >= 4 is 25.4 Å². The van der Waals surface area contributed by atoms with Crippen molar-refractivity contribution in [2.75, 3.05) is 13.2 Å². The highest BCUT2D eigenvalue weighted by atomic mass is 31.2. The summed E-state index contributed by atoms with van der Waals surface area (Å²) in [5.74, 6) is -0.980. The Hall–Kier alpha value is -2.57. The van der Waals surface area contributed by atoms with Gasteiger partial charge in [-0.05, 0) is 12.1 Å². The molecule has 5 unspecified atom stereocenters. The molecule has 2 aliphatic rings. The maximum Gasteiger partial charge on any atom is 0.527 e. The molecule has 13 nitrogen and oxygen atoms in total. The largest absolute Gasteiger partial charge is 0.527 e. The third kappa shape index (κ3) is 5.12. The van der Waals surface area contributed by atoms with E-state index < -0.39 is 55.6 Å². The van der Waals surface area contributed by atoms with Crippen LogP contribution in [0.1, 0.15) is 13.3 Å². The van der Waals surface area contributed by atoms with Crippen LogP contribution in [0.25, 0.3) is 0 Å². The number of nitro groups is 1. The van der Waals surface area contributed by atoms with Gasteiger partial charge in [0, 0.05) is 25.1 Å². The van der Waals surface area contributed by atoms with E-state index in [0.29, 0.717) is 0 Å². The molecule has 5 atom stereocenters. The molecular weight excluding hydrogens is 425 g/mol. The highest BCUT2D eigenvalue weighted by Crippen LogP contribution is 2.44. The van der Waals surface area contributed by atoms with Gasteiger partial charge in [0.25, 0.3) is 5.69 Å². The van der Waals surface area contributed by atoms with Crippen molar-refractivity contribution in [2.45, 2.75) is 31.8 Å². The zero-order valence-electron chi connectivity index (χ0n) is 15.7. The number of nitro benzene ring substituents is 1. The molecule has 0 spiro atoms. The number of phosphoric ester groups is 1. The van der Waals surface area contributed by atoms with Gasteiger partial charge >= 0.3 is 13.9 Å². The van der Waals surface area contributed by atoms with Crippen molar-refractivity contribution in [3.63, 3.8) is 0 Å². The Morgan fingerprint density at radius 3 is 2.67 bits per heavy atom. The smallest absolute Gasteiger partial charge is 0.404 e. The number of hydrogen-bond acceptors (Lipinski definition) is 9. The van der Waals surface area contributed by atoms with E-state index in [-0.39, 0.29) is 24.4 Å². The molecule has 1 aromatic rings. The zero-order valence-corrected chi connectivity index (χ0v) is 16.6. The number of phosphoric acid groups is 1. The first-order chi connectivity index (χ1) is 14.1. The lowest BCUT2D eigenvalue weighted by atomic mass is 10.1. The lowest BCUT2D eigenvalue weighted by molar-refractivity contribution is -0.384. The first kappa shape index (κ1) is 22.1. The van der Waals surface area contributed by atoms with Crippen LogP contribution in [0.5, 0.6) is 5.75 Å². The van der Waals surface area contributed by atoms with E-state index in [1.54, 1.807) is 6.92 Å². The topological polar surface area (TPSA) is 178 Å². The van der Waals surface area contributed by atoms with Gasteiger partial charge in [-0.25, -0.2) is 9.36 Å². The van der Waals surface area contributed by atoms with Crippen LogP contribution in [0.2, 0.25) is 0 Å². The summed E-state index contributed by atoms with van der Waals surface area (Å²) >= 11 is 0. The maximum atomic E-state index is 12.1. The number of rotatable bonds is 7. The average molecular weight is 445 g/mol. The Morgan fingerprint density at radius 2 is 2.03 bits per heavy atom. The number of benzene rings is 1. The van der Waals surface area contributed by atoms with Crippen molar-refractivity contribution in [1.29, 1.82) is 0 Å². The summed E-state index contributed by atoms with van der Waals surface area (Å²) in [5, 5.41) is 23.0. The molecule has 0 saturated carbocycles. The molecule has 2 saturated heterocycles. The Morgan fingerprint density at radius 1 is 1.37 bits per heavy atom. The fraction of sp³-hybridized carbons (Fsp3) is 0.500. The van der Waals surface area contributed by atoms with Crippen LogP contribution in [0, 0.1) is 16.0 Å². The van der Waals surface area contributed by atoms with E-state index in [1.807, 2.05) is 0 Å². The molecule has 3 rings (SSSR count). The minimum atomic E-state index is -4.61. The first-order valence-corrected chi connectivity index (χ1v) is 10.4. The van der Waals surface area contributed by atoms with Gasteiger partial charge in [0.1, 0.15) is 18.1 Å². The Bertz CT molecular complexity index is 879. The van der Waals surface area contributed by atoms with Crippen LogP contribution >= 0.6 is 7.82 Å². The van der Waals surface area contributed by atoms with E-state index in [9.17, 15) is 34.3 Å². The van der Waals surface area contributed by atoms with E-state index in [1.165, 1.54) is 4.90 Å². The van der Waals surface area contributed by atoms with Gasteiger partial charge < -0.3 is 14.4 Å². The van der Waals surface area contributed by atoms with Gasteiger partial charge in [0.2, 0.25) is 5.91 Å². The fourth-order valence-electron chi connectivity index (χ4n) is 3.02. The molecule has 14 heteroatoms. The molecule has 0 bridgehead atoms. The van der Waals surface area contributed by atoms with Crippen LogP contribution in [0.4, 0.5) is 10.5 Å². The zero-order chi connectivity index (χ0) is 22.1. The molecular formula is C16H20N3O10P. The summed E-state index contributed by atoms with van der Waals surface area (Å²) in [6, 6.07) is 3.82. The monoisotopic (exact) mass is 445 g/mol. The summed E-state index contributed by atoms with van der Waals surface area (Å²) in [4.78, 5) is 44.6. The van der Waals surface area contributed by atoms with Gasteiger partial charge in [-0.15, -0.1) is 0 Å². The number of ether oxygens (including phenoxy) is 1. The lowest BCUT2D eigenvalue weighted by Gasteiger charge is -2.34. The summed E-state index contributed by atoms with van der Waals surface area (Å²) < 4.78 is 27.4. The third-order valence-corrected chi connectivity index (χ3v) is 5.55. The molecule has 30 heavy (non-hydrogen) atoms. The maximum absolute atomic E-state index is 12.1. The summed E-state index contributed by atoms with van der Waals surface area (Å²) in [6.45, 7) is 1.23. The fourth-order valence-corrected chi connectivity index (χ4v) is 3.80. The number of nitrogens with one attached hydrogen (secondary N) is 1. The predicted molar refractivity (Wildman–Crippen MR) is 98.2 cm³/mol. The van der Waals surface area contributed by atoms with Crippen molar-refractivity contribution in [2.24, 2.45) is 5.92 Å². The van der Waals surface area contributed by atoms with Gasteiger partial charge in [0.15, 0.2) is 0 Å². The van der Waals surface area contributed by atoms with Crippen molar-refractivity contribution < 1.29 is 42.9 Å². The number of non-ortho nitro benzene ring substituents is 1. The molecule has 0 radical (unpaired) electrons. The van der Waals surface area contributed by atoms with E-state index in [0.717, 1.165) is 24.3 Å². The number of aliphatic hydroxyl groups excluding tert-OH is 1. The number of nitrogens with zero attached hydrogens (tertiary/aromatic N) is 2. The van der Waals surface area contributed by atoms with Crippen molar-refractivity contribution in [3.05, 3.63) is 34.4 Å². The number of carbonyl (C=O) groups is 2. The van der Waals surface area contributed by atoms with E-state index in [2.05, 4.69) is 5.32 Å². The highest BCUT2D eigenvalue weighted by Gasteiger charge is 2.43. The molecule has 164 valence electrons. The van der Waals surface area contributed by atoms with E-state index >= 15 is 0 Å². The Balaban J connectivity index is 1.54. The molecule has 1 aromatic carbocycles. The number of imide groups is 1. The standard InChI is InChI=1S/C16H20N3O10P/c1-9-7-18(16(22)17-15(9)21)14-6-12(20)13(28-14)8-27-30(25,26)29-11-4-2-10(3-5-11)19(23)24/h2-5,9,12-14,20H,6-8H2,1H3,(H,25,26)(H,17,21,22). The quantitative estimate of drug-likeness (QED) is 0.308. The Kier molecular flexibility index (Phi) is 6.38. The Labute approximate surface area is 170 Å². The van der Waals surface area contributed by atoms with Gasteiger partial charge in [-0.2, -0.15) is 0 Å². The van der Waals surface area contributed by atoms with Crippen LogP contribution in [-0.4, -0.2) is 63.3 Å². The molecule has 2 aliphatic heterocycles. The number of carbonyl (C=O) groups excluding carboxylic acids is 2. The van der Waals surface area contributed by atoms with Gasteiger partial charge in [0.05, 0.1) is 23.6 Å². The second-order valence-electron chi connectivity index (χ2n) is 6.89. The summed E-state index contributed by atoms with van der Waals surface area (Å²) in [7, 11) is -4.61. The third-order valence-electron chi connectivity index (χ3n) is 4.63. The second-order valence-corrected chi connectivity index (χ2v) is 8.26. The molecule has 2 fully saturated rings. The van der Waals surface area contributed by atoms with Crippen LogP contribution in [-0.2, 0) is 18.6 Å². The number of amides is 3. The predicted octanol–water partition coefficient (Wildman–Crippen LogP) is 0.754. The lowest BCUT2D eigenvalue weighted by Crippen LogP contribution is -2.57. The molecule has 0 aromatic heterocycles. The molecule has 3 N–H and O–H groups in total. The first-order valence-electron chi connectivity index (χ1n) is 8.92. The highest BCUT2D eigenvalue weighted by molar-refractivity contribution is 7.47. The SMILES string of the molecule is CC1CN(C2CC(O)C(COP(=O)(O)Oc3ccc([N+](=O)[O-])cc3)O2)C(=O)NC1=O. The number of hydrogen-bond donors (Lipinski definition) is 3. The van der Waals surface area contributed by atoms with Crippen LogP contribution in [0.15, 0.2) is 24.3 Å². The van der Waals surface area contributed by atoms with Gasteiger partial charge in [-0.1, -0.05) is 6.92 Å². The van der Waals surface area contributed by atoms with Crippen molar-refractivity contribution in [3.8, 4) is 5.75 Å². The second kappa shape index (κ2) is 8.66. The van der Waals surface area contributed by atoms with Crippen molar-refractivity contribution in [1.82, 2.24) is 10.2 Å².